The minimum Gasteiger partial charge on any atom is -0.379 e. The van der Waals surface area contributed by atoms with E-state index in [0.717, 1.165) is 48.1 Å². The summed E-state index contributed by atoms with van der Waals surface area (Å²) in [6.07, 6.45) is 8.96. The maximum atomic E-state index is 5.44. The highest BCUT2D eigenvalue weighted by Gasteiger charge is 2.44. The molecule has 0 aromatic carbocycles. The monoisotopic (exact) mass is 352 g/mol. The molecule has 0 spiro atoms. The number of hydrogen-bond donors (Lipinski definition) is 2. The average Bonchev–Trinajstić information content (AvgIpc) is 3.38. The Morgan fingerprint density at radius 2 is 2.27 bits per heavy atom. The zero-order valence-corrected chi connectivity index (χ0v) is 14.3. The van der Waals surface area contributed by atoms with Gasteiger partial charge in [-0.3, -0.25) is 5.10 Å². The number of ether oxygens (including phenoxy) is 1. The molecule has 9 nitrogen and oxygen atoms in total. The summed E-state index contributed by atoms with van der Waals surface area (Å²) in [5, 5.41) is 15.0. The minimum absolute atomic E-state index is 0.275. The fourth-order valence-electron chi connectivity index (χ4n) is 4.40. The molecule has 1 unspecified atom stereocenters. The molecule has 9 heteroatoms. The van der Waals surface area contributed by atoms with Crippen LogP contribution >= 0.6 is 0 Å². The molecule has 2 bridgehead atoms. The van der Waals surface area contributed by atoms with E-state index in [-0.39, 0.29) is 6.04 Å². The van der Waals surface area contributed by atoms with Gasteiger partial charge in [0.05, 0.1) is 18.8 Å². The van der Waals surface area contributed by atoms with E-state index in [2.05, 4.69) is 25.5 Å². The van der Waals surface area contributed by atoms with Crippen molar-refractivity contribution in [2.24, 2.45) is 5.92 Å². The van der Waals surface area contributed by atoms with Crippen molar-refractivity contribution in [2.75, 3.05) is 30.0 Å². The fraction of sp³-hybridized carbons (Fsp3) is 0.529. The molecule has 3 saturated heterocycles. The summed E-state index contributed by atoms with van der Waals surface area (Å²) in [5.41, 5.74) is 3.82. The first-order valence-corrected chi connectivity index (χ1v) is 9.20. The molecule has 3 aromatic rings. The maximum Gasteiger partial charge on any atom is 0.243 e. The zero-order valence-electron chi connectivity index (χ0n) is 14.3. The second-order valence-corrected chi connectivity index (χ2v) is 7.48. The van der Waals surface area contributed by atoms with E-state index in [4.69, 9.17) is 14.7 Å². The highest BCUT2D eigenvalue weighted by molar-refractivity contribution is 5.85. The molecule has 1 aliphatic carbocycles. The van der Waals surface area contributed by atoms with E-state index in [1.807, 2.05) is 12.4 Å². The third kappa shape index (κ3) is 2.13. The molecule has 1 atom stereocenters. The first-order valence-electron chi connectivity index (χ1n) is 9.20. The summed E-state index contributed by atoms with van der Waals surface area (Å²) in [7, 11) is 0. The van der Waals surface area contributed by atoms with Crippen molar-refractivity contribution in [2.45, 2.75) is 31.3 Å². The number of nitrogens with zero attached hydrogens (tertiary/aromatic N) is 6. The van der Waals surface area contributed by atoms with Crippen LogP contribution in [0.25, 0.3) is 16.9 Å². The second-order valence-electron chi connectivity index (χ2n) is 7.48. The first kappa shape index (κ1) is 14.5. The van der Waals surface area contributed by atoms with Gasteiger partial charge in [0, 0.05) is 31.0 Å². The highest BCUT2D eigenvalue weighted by Crippen LogP contribution is 2.46. The van der Waals surface area contributed by atoms with Crippen LogP contribution in [-0.4, -0.2) is 61.6 Å². The Labute approximate surface area is 149 Å². The number of rotatable bonds is 4. The van der Waals surface area contributed by atoms with Crippen molar-refractivity contribution in [3.8, 4) is 11.3 Å². The molecule has 3 aromatic heterocycles. The predicted molar refractivity (Wildman–Crippen MR) is 95.1 cm³/mol. The normalized spacial score (nSPS) is 27.2. The van der Waals surface area contributed by atoms with Crippen LogP contribution in [0.5, 0.6) is 0 Å². The number of anilines is 2. The SMILES string of the molecule is c1n[nH]cc1-c1ncn2nc(NC3CCOC3)nc2c1N1CC2CC1C2. The summed E-state index contributed by atoms with van der Waals surface area (Å²) in [6, 6.07) is 0.867. The molecular weight excluding hydrogens is 332 g/mol. The lowest BCUT2D eigenvalue weighted by Crippen LogP contribution is -2.29. The smallest absolute Gasteiger partial charge is 0.243 e. The molecule has 1 saturated carbocycles. The van der Waals surface area contributed by atoms with Gasteiger partial charge in [-0.1, -0.05) is 0 Å². The quantitative estimate of drug-likeness (QED) is 0.731. The molecule has 0 amide bonds. The number of fused-ring (bicyclic) bond motifs is 2. The Morgan fingerprint density at radius 3 is 3.00 bits per heavy atom. The van der Waals surface area contributed by atoms with Crippen LogP contribution in [0.2, 0.25) is 0 Å². The van der Waals surface area contributed by atoms with Gasteiger partial charge in [0.15, 0.2) is 5.65 Å². The highest BCUT2D eigenvalue weighted by atomic mass is 16.5. The van der Waals surface area contributed by atoms with Gasteiger partial charge in [0.2, 0.25) is 5.95 Å². The average molecular weight is 352 g/mol. The van der Waals surface area contributed by atoms with Gasteiger partial charge in [0.25, 0.3) is 0 Å². The van der Waals surface area contributed by atoms with Crippen LogP contribution < -0.4 is 10.2 Å². The van der Waals surface area contributed by atoms with Crippen LogP contribution in [0.3, 0.4) is 0 Å². The minimum atomic E-state index is 0.275. The van der Waals surface area contributed by atoms with Crippen LogP contribution in [0, 0.1) is 5.92 Å². The third-order valence-corrected chi connectivity index (χ3v) is 5.79. The predicted octanol–water partition coefficient (Wildman–Crippen LogP) is 1.31. The van der Waals surface area contributed by atoms with Crippen LogP contribution in [-0.2, 0) is 4.74 Å². The molecule has 4 fully saturated rings. The Kier molecular flexibility index (Phi) is 3.01. The number of nitrogens with one attached hydrogen (secondary N) is 2. The van der Waals surface area contributed by atoms with Crippen molar-refractivity contribution >= 4 is 17.3 Å². The topological polar surface area (TPSA) is 96.3 Å². The van der Waals surface area contributed by atoms with Gasteiger partial charge in [0.1, 0.15) is 17.7 Å². The Hall–Kier alpha value is -2.68. The summed E-state index contributed by atoms with van der Waals surface area (Å²) in [5.74, 6) is 1.44. The first-order chi connectivity index (χ1) is 12.8. The zero-order chi connectivity index (χ0) is 17.1. The number of aromatic amines is 1. The number of aromatic nitrogens is 6. The summed E-state index contributed by atoms with van der Waals surface area (Å²) in [4.78, 5) is 12.0. The van der Waals surface area contributed by atoms with Crippen molar-refractivity contribution in [3.05, 3.63) is 18.7 Å². The Bertz CT molecular complexity index is 939. The maximum absolute atomic E-state index is 5.44. The second kappa shape index (κ2) is 5.41. The summed E-state index contributed by atoms with van der Waals surface area (Å²) in [6.45, 7) is 2.57. The lowest BCUT2D eigenvalue weighted by molar-refractivity contribution is 0.195. The Balaban J connectivity index is 1.47. The molecule has 7 rings (SSSR count). The van der Waals surface area contributed by atoms with E-state index >= 15 is 0 Å². The van der Waals surface area contributed by atoms with Gasteiger partial charge < -0.3 is 15.0 Å². The van der Waals surface area contributed by atoms with Gasteiger partial charge in [-0.05, 0) is 25.2 Å². The molecule has 3 aliphatic heterocycles. The standard InChI is InChI=1S/C17H20N8O/c1-2-26-8-12(1)21-17-22-16-15(24-7-10-3-13(24)4-10)14(11-5-19-20-6-11)18-9-25(16)23-17/h5-6,9-10,12-13H,1-4,7-8H2,(H,19,20)(H,21,23). The van der Waals surface area contributed by atoms with Crippen molar-refractivity contribution in [1.29, 1.82) is 0 Å². The van der Waals surface area contributed by atoms with Crippen LogP contribution in [0.1, 0.15) is 19.3 Å². The van der Waals surface area contributed by atoms with E-state index in [1.54, 1.807) is 10.8 Å². The van der Waals surface area contributed by atoms with Crippen LogP contribution in [0.15, 0.2) is 18.7 Å². The largest absolute Gasteiger partial charge is 0.379 e. The van der Waals surface area contributed by atoms with Gasteiger partial charge in [-0.15, -0.1) is 5.10 Å². The summed E-state index contributed by atoms with van der Waals surface area (Å²) >= 11 is 0. The molecule has 2 N–H and O–H groups in total. The van der Waals surface area contributed by atoms with E-state index in [0.29, 0.717) is 18.6 Å². The lowest BCUT2D eigenvalue weighted by atomic mass is 9.86. The van der Waals surface area contributed by atoms with Crippen molar-refractivity contribution < 1.29 is 4.74 Å². The third-order valence-electron chi connectivity index (χ3n) is 5.79. The van der Waals surface area contributed by atoms with Crippen molar-refractivity contribution in [3.63, 3.8) is 0 Å². The number of H-pyrrole nitrogens is 1. The van der Waals surface area contributed by atoms with Gasteiger partial charge >= 0.3 is 0 Å². The molecular formula is C17H20N8O. The Morgan fingerprint density at radius 1 is 1.31 bits per heavy atom. The molecule has 4 aliphatic rings. The van der Waals surface area contributed by atoms with Gasteiger partial charge in [-0.25, -0.2) is 4.98 Å². The van der Waals surface area contributed by atoms with Crippen LogP contribution in [0.4, 0.5) is 11.6 Å². The molecule has 0 radical (unpaired) electrons. The molecule has 6 heterocycles. The lowest BCUT2D eigenvalue weighted by Gasteiger charge is -2.28. The van der Waals surface area contributed by atoms with Gasteiger partial charge in [-0.2, -0.15) is 14.6 Å². The van der Waals surface area contributed by atoms with E-state index in [1.165, 1.54) is 12.8 Å². The fourth-order valence-corrected chi connectivity index (χ4v) is 4.40. The molecule has 26 heavy (non-hydrogen) atoms. The number of hydrogen-bond acceptors (Lipinski definition) is 7. The van der Waals surface area contributed by atoms with E-state index in [9.17, 15) is 0 Å². The van der Waals surface area contributed by atoms with Crippen molar-refractivity contribution in [1.82, 2.24) is 29.8 Å². The molecule has 134 valence electrons. The van der Waals surface area contributed by atoms with E-state index < -0.39 is 0 Å². The summed E-state index contributed by atoms with van der Waals surface area (Å²) < 4.78 is 7.22.